The molecule has 0 unspecified atom stereocenters. The molecule has 0 radical (unpaired) electrons. The quantitative estimate of drug-likeness (QED) is 0.741. The van der Waals surface area contributed by atoms with Crippen LogP contribution < -0.4 is 5.32 Å². The van der Waals surface area contributed by atoms with Crippen LogP contribution in [0.5, 0.6) is 0 Å². The van der Waals surface area contributed by atoms with E-state index in [-0.39, 0.29) is 0 Å². The van der Waals surface area contributed by atoms with Gasteiger partial charge in [-0.15, -0.1) is 5.10 Å². The lowest BCUT2D eigenvalue weighted by Gasteiger charge is -2.03. The topological polar surface area (TPSA) is 60.6 Å². The van der Waals surface area contributed by atoms with Crippen LogP contribution in [0.1, 0.15) is 5.69 Å². The summed E-state index contributed by atoms with van der Waals surface area (Å²) in [6.45, 7) is 2.29. The number of nitrogens with one attached hydrogen (secondary N) is 1. The van der Waals surface area contributed by atoms with Crippen molar-refractivity contribution in [3.63, 3.8) is 0 Å². The van der Waals surface area contributed by atoms with Gasteiger partial charge in [-0.05, 0) is 13.1 Å². The Labute approximate surface area is 111 Å². The molecule has 19 heavy (non-hydrogen) atoms. The fraction of sp³-hybridized carbons (Fsp3) is 0.308. The van der Waals surface area contributed by atoms with Crippen molar-refractivity contribution >= 4 is 10.9 Å². The Bertz CT molecular complexity index is 668. The van der Waals surface area contributed by atoms with Crippen molar-refractivity contribution in [1.29, 1.82) is 0 Å². The van der Waals surface area contributed by atoms with E-state index in [0.29, 0.717) is 0 Å². The maximum absolute atomic E-state index is 4.40. The Kier molecular flexibility index (Phi) is 3.24. The molecule has 0 saturated heterocycles. The third-order valence-corrected chi connectivity index (χ3v) is 3.04. The first-order valence-electron chi connectivity index (χ1n) is 6.31. The van der Waals surface area contributed by atoms with Crippen LogP contribution in [-0.2, 0) is 19.6 Å². The predicted octanol–water partition coefficient (Wildman–Crippen LogP) is 1.05. The molecule has 0 aliphatic carbocycles. The van der Waals surface area contributed by atoms with Gasteiger partial charge in [-0.1, -0.05) is 23.4 Å². The number of hydrogen-bond acceptors (Lipinski definition) is 4. The highest BCUT2D eigenvalue weighted by Gasteiger charge is 2.03. The molecule has 6 nitrogen and oxygen atoms in total. The minimum Gasteiger partial charge on any atom is -0.314 e. The standard InChI is InChI=1S/C13H16N6/c1-14-9-12-10-18(17-16-12)6-7-19-13-5-3-2-4-11(13)8-15-19/h2-5,8,10,14H,6-7,9H2,1H3. The van der Waals surface area contributed by atoms with Crippen molar-refractivity contribution < 1.29 is 0 Å². The lowest BCUT2D eigenvalue weighted by molar-refractivity contribution is 0.499. The zero-order chi connectivity index (χ0) is 13.1. The Morgan fingerprint density at radius 1 is 1.21 bits per heavy atom. The van der Waals surface area contributed by atoms with Crippen molar-refractivity contribution in [2.24, 2.45) is 0 Å². The van der Waals surface area contributed by atoms with Gasteiger partial charge in [-0.2, -0.15) is 5.10 Å². The van der Waals surface area contributed by atoms with Gasteiger partial charge in [0.1, 0.15) is 0 Å². The molecule has 0 fully saturated rings. The van der Waals surface area contributed by atoms with Crippen LogP contribution in [0.2, 0.25) is 0 Å². The summed E-state index contributed by atoms with van der Waals surface area (Å²) in [7, 11) is 1.90. The van der Waals surface area contributed by atoms with Crippen molar-refractivity contribution in [1.82, 2.24) is 30.1 Å². The van der Waals surface area contributed by atoms with Crippen LogP contribution in [0.4, 0.5) is 0 Å². The number of benzene rings is 1. The van der Waals surface area contributed by atoms with Gasteiger partial charge < -0.3 is 5.32 Å². The second-order valence-corrected chi connectivity index (χ2v) is 4.43. The van der Waals surface area contributed by atoms with Crippen molar-refractivity contribution in [3.05, 3.63) is 42.4 Å². The first-order chi connectivity index (χ1) is 9.36. The molecule has 6 heteroatoms. The van der Waals surface area contributed by atoms with E-state index in [2.05, 4.69) is 32.9 Å². The number of aromatic nitrogens is 5. The molecule has 1 N–H and O–H groups in total. The molecular weight excluding hydrogens is 240 g/mol. The molecule has 98 valence electrons. The summed E-state index contributed by atoms with van der Waals surface area (Å²) < 4.78 is 3.85. The summed E-state index contributed by atoms with van der Waals surface area (Å²) in [5, 5.41) is 16.8. The third-order valence-electron chi connectivity index (χ3n) is 3.04. The summed E-state index contributed by atoms with van der Waals surface area (Å²) >= 11 is 0. The van der Waals surface area contributed by atoms with Crippen molar-refractivity contribution in [2.45, 2.75) is 19.6 Å². The minimum atomic E-state index is 0.741. The van der Waals surface area contributed by atoms with Gasteiger partial charge in [-0.3, -0.25) is 9.36 Å². The maximum atomic E-state index is 4.40. The summed E-state index contributed by atoms with van der Waals surface area (Å²) in [4.78, 5) is 0. The molecule has 0 aliphatic rings. The van der Waals surface area contributed by atoms with Gasteiger partial charge >= 0.3 is 0 Å². The molecular formula is C13H16N6. The molecule has 3 aromatic rings. The normalized spacial score (nSPS) is 11.2. The summed E-state index contributed by atoms with van der Waals surface area (Å²) in [6.07, 6.45) is 3.85. The molecule has 0 bridgehead atoms. The van der Waals surface area contributed by atoms with Gasteiger partial charge in [0.15, 0.2) is 0 Å². The summed E-state index contributed by atoms with van der Waals surface area (Å²) in [6, 6.07) is 8.20. The largest absolute Gasteiger partial charge is 0.314 e. The van der Waals surface area contributed by atoms with Crippen LogP contribution in [0.15, 0.2) is 36.7 Å². The van der Waals surface area contributed by atoms with E-state index < -0.39 is 0 Å². The first-order valence-corrected chi connectivity index (χ1v) is 6.31. The van der Waals surface area contributed by atoms with Crippen molar-refractivity contribution in [2.75, 3.05) is 7.05 Å². The van der Waals surface area contributed by atoms with Gasteiger partial charge in [0, 0.05) is 18.1 Å². The minimum absolute atomic E-state index is 0.741. The zero-order valence-corrected chi connectivity index (χ0v) is 10.8. The number of para-hydroxylation sites is 1. The van der Waals surface area contributed by atoms with Crippen LogP contribution in [0, 0.1) is 0 Å². The van der Waals surface area contributed by atoms with E-state index in [1.54, 1.807) is 0 Å². The Balaban J connectivity index is 1.71. The number of fused-ring (bicyclic) bond motifs is 1. The van der Waals surface area contributed by atoms with Crippen molar-refractivity contribution in [3.8, 4) is 0 Å². The Hall–Kier alpha value is -2.21. The third kappa shape index (κ3) is 2.48. The average molecular weight is 256 g/mol. The van der Waals surface area contributed by atoms with Crippen LogP contribution in [0.3, 0.4) is 0 Å². The highest BCUT2D eigenvalue weighted by Crippen LogP contribution is 2.12. The Morgan fingerprint density at radius 2 is 2.11 bits per heavy atom. The molecule has 0 atom stereocenters. The van der Waals surface area contributed by atoms with Gasteiger partial charge in [0.2, 0.25) is 0 Å². The van der Waals surface area contributed by atoms with E-state index in [0.717, 1.165) is 36.2 Å². The number of rotatable bonds is 5. The summed E-state index contributed by atoms with van der Waals surface area (Å²) in [5.41, 5.74) is 2.10. The van der Waals surface area contributed by atoms with E-state index in [1.807, 2.05) is 40.9 Å². The maximum Gasteiger partial charge on any atom is 0.0964 e. The zero-order valence-electron chi connectivity index (χ0n) is 10.8. The van der Waals surface area contributed by atoms with E-state index in [1.165, 1.54) is 0 Å². The second kappa shape index (κ2) is 5.19. The molecule has 0 aliphatic heterocycles. The first kappa shape index (κ1) is 11.9. The summed E-state index contributed by atoms with van der Waals surface area (Å²) in [5.74, 6) is 0. The number of aryl methyl sites for hydroxylation is 2. The van der Waals surface area contributed by atoms with E-state index in [9.17, 15) is 0 Å². The molecule has 0 spiro atoms. The SMILES string of the molecule is CNCc1cn(CCn2ncc3ccccc32)nn1. The molecule has 0 saturated carbocycles. The van der Waals surface area contributed by atoms with Crippen LogP contribution in [-0.4, -0.2) is 31.8 Å². The highest BCUT2D eigenvalue weighted by atomic mass is 15.4. The Morgan fingerprint density at radius 3 is 3.00 bits per heavy atom. The fourth-order valence-electron chi connectivity index (χ4n) is 2.11. The number of nitrogens with zero attached hydrogens (tertiary/aromatic N) is 5. The monoisotopic (exact) mass is 256 g/mol. The second-order valence-electron chi connectivity index (χ2n) is 4.43. The van der Waals surface area contributed by atoms with Gasteiger partial charge in [0.25, 0.3) is 0 Å². The molecule has 2 aromatic heterocycles. The predicted molar refractivity (Wildman–Crippen MR) is 72.5 cm³/mol. The van der Waals surface area contributed by atoms with Crippen LogP contribution in [0.25, 0.3) is 10.9 Å². The molecule has 1 aromatic carbocycles. The van der Waals surface area contributed by atoms with Gasteiger partial charge in [0.05, 0.1) is 30.5 Å². The number of hydrogen-bond donors (Lipinski definition) is 1. The molecule has 3 rings (SSSR count). The average Bonchev–Trinajstić information content (AvgIpc) is 3.04. The van der Waals surface area contributed by atoms with E-state index >= 15 is 0 Å². The van der Waals surface area contributed by atoms with E-state index in [4.69, 9.17) is 0 Å². The van der Waals surface area contributed by atoms with Crippen LogP contribution >= 0.6 is 0 Å². The smallest absolute Gasteiger partial charge is 0.0964 e. The lowest BCUT2D eigenvalue weighted by atomic mass is 10.3. The molecule has 0 amide bonds. The lowest BCUT2D eigenvalue weighted by Crippen LogP contribution is -2.09. The molecule has 2 heterocycles. The fourth-order valence-corrected chi connectivity index (χ4v) is 2.11. The highest BCUT2D eigenvalue weighted by molar-refractivity contribution is 5.78. The van der Waals surface area contributed by atoms with Gasteiger partial charge in [-0.25, -0.2) is 0 Å².